The van der Waals surface area contributed by atoms with Gasteiger partial charge in [-0.1, -0.05) is 12.1 Å². The van der Waals surface area contributed by atoms with Gasteiger partial charge in [0.1, 0.15) is 0 Å². The van der Waals surface area contributed by atoms with Gasteiger partial charge in [-0.15, -0.1) is 24.0 Å². The first-order valence-electron chi connectivity index (χ1n) is 9.45. The van der Waals surface area contributed by atoms with Crippen LogP contribution in [0.15, 0.2) is 29.3 Å². The third kappa shape index (κ3) is 5.36. The number of hydrogen-bond acceptors (Lipinski definition) is 4. The van der Waals surface area contributed by atoms with E-state index in [4.69, 9.17) is 4.74 Å². The number of guanidine groups is 1. The molecule has 1 amide bonds. The third-order valence-corrected chi connectivity index (χ3v) is 5.44. The molecular formula is C20H29IN4O3. The van der Waals surface area contributed by atoms with Gasteiger partial charge >= 0.3 is 5.97 Å². The lowest BCUT2D eigenvalue weighted by molar-refractivity contribution is -0.119. The Morgan fingerprint density at radius 1 is 1.36 bits per heavy atom. The lowest BCUT2D eigenvalue weighted by Gasteiger charge is -2.40. The zero-order chi connectivity index (χ0) is 19.3. The minimum absolute atomic E-state index is 0. The van der Waals surface area contributed by atoms with E-state index in [1.807, 2.05) is 12.1 Å². The van der Waals surface area contributed by atoms with Crippen LogP contribution in [0.5, 0.6) is 0 Å². The van der Waals surface area contributed by atoms with Crippen molar-refractivity contribution in [3.8, 4) is 0 Å². The van der Waals surface area contributed by atoms with Crippen LogP contribution in [0.2, 0.25) is 0 Å². The summed E-state index contributed by atoms with van der Waals surface area (Å²) in [6.45, 7) is 3.35. The van der Waals surface area contributed by atoms with Crippen molar-refractivity contribution in [2.75, 3.05) is 40.3 Å². The molecule has 1 spiro atoms. The fraction of sp³-hybridized carbons (Fsp3) is 0.550. The van der Waals surface area contributed by atoms with Gasteiger partial charge < -0.3 is 20.3 Å². The van der Waals surface area contributed by atoms with Gasteiger partial charge in [0.15, 0.2) is 5.96 Å². The number of carbonyl (C=O) groups excluding carboxylic acids is 2. The highest BCUT2D eigenvalue weighted by molar-refractivity contribution is 14.0. The zero-order valence-corrected chi connectivity index (χ0v) is 18.8. The molecule has 2 fully saturated rings. The number of halogens is 1. The molecule has 2 saturated heterocycles. The predicted molar refractivity (Wildman–Crippen MR) is 119 cm³/mol. The van der Waals surface area contributed by atoms with Crippen molar-refractivity contribution >= 4 is 41.8 Å². The molecule has 3 rings (SSSR count). The number of piperidine rings is 1. The van der Waals surface area contributed by atoms with E-state index >= 15 is 0 Å². The highest BCUT2D eigenvalue weighted by Gasteiger charge is 2.42. The average Bonchev–Trinajstić information content (AvgIpc) is 3.04. The quantitative estimate of drug-likeness (QED) is 0.285. The Balaban J connectivity index is 0.00000280. The number of nitrogens with zero attached hydrogens (tertiary/aromatic N) is 2. The van der Waals surface area contributed by atoms with Crippen molar-refractivity contribution in [3.05, 3.63) is 35.4 Å². The summed E-state index contributed by atoms with van der Waals surface area (Å²) in [7, 11) is 3.18. The minimum atomic E-state index is -0.320. The smallest absolute Gasteiger partial charge is 0.337 e. The monoisotopic (exact) mass is 500 g/mol. The Bertz CT molecular complexity index is 723. The van der Waals surface area contributed by atoms with Crippen molar-refractivity contribution in [1.82, 2.24) is 15.5 Å². The Labute approximate surface area is 183 Å². The molecule has 0 radical (unpaired) electrons. The molecule has 8 heteroatoms. The van der Waals surface area contributed by atoms with Gasteiger partial charge in [-0.2, -0.15) is 0 Å². The summed E-state index contributed by atoms with van der Waals surface area (Å²) < 4.78 is 4.72. The SMILES string of the molecule is CN=C(NCCc1ccc(C(=O)OC)cc1)N1CCCC2(CNC(=O)C2)C1.I. The van der Waals surface area contributed by atoms with E-state index in [9.17, 15) is 9.59 Å². The summed E-state index contributed by atoms with van der Waals surface area (Å²) in [5, 5.41) is 6.41. The van der Waals surface area contributed by atoms with E-state index in [0.717, 1.165) is 57.0 Å². The number of esters is 1. The van der Waals surface area contributed by atoms with Crippen LogP contribution in [0.25, 0.3) is 0 Å². The number of aliphatic imine (C=N–C) groups is 1. The number of likely N-dealkylation sites (tertiary alicyclic amines) is 1. The number of benzene rings is 1. The fourth-order valence-electron chi connectivity index (χ4n) is 4.01. The maximum Gasteiger partial charge on any atom is 0.337 e. The first kappa shape index (κ1) is 22.4. The van der Waals surface area contributed by atoms with Crippen LogP contribution in [0, 0.1) is 5.41 Å². The Hall–Kier alpha value is -1.84. The second-order valence-corrected chi connectivity index (χ2v) is 7.39. The van der Waals surface area contributed by atoms with Crippen LogP contribution >= 0.6 is 24.0 Å². The van der Waals surface area contributed by atoms with E-state index in [2.05, 4.69) is 20.5 Å². The maximum absolute atomic E-state index is 11.7. The van der Waals surface area contributed by atoms with Gasteiger partial charge in [-0.05, 0) is 37.0 Å². The Morgan fingerprint density at radius 3 is 2.71 bits per heavy atom. The molecule has 1 aromatic carbocycles. The molecule has 0 aromatic heterocycles. The van der Waals surface area contributed by atoms with Crippen LogP contribution in [0.1, 0.15) is 35.2 Å². The molecular weight excluding hydrogens is 471 g/mol. The van der Waals surface area contributed by atoms with E-state index in [-0.39, 0.29) is 41.3 Å². The van der Waals surface area contributed by atoms with Crippen molar-refractivity contribution in [1.29, 1.82) is 0 Å². The molecule has 2 N–H and O–H groups in total. The molecule has 0 aliphatic carbocycles. The molecule has 1 aromatic rings. The van der Waals surface area contributed by atoms with Gasteiger partial charge in [-0.3, -0.25) is 9.79 Å². The molecule has 0 bridgehead atoms. The normalized spacial score (nSPS) is 21.9. The van der Waals surface area contributed by atoms with Crippen LogP contribution in [-0.2, 0) is 16.0 Å². The zero-order valence-electron chi connectivity index (χ0n) is 16.5. The molecule has 1 atom stereocenters. The first-order valence-corrected chi connectivity index (χ1v) is 9.45. The molecule has 28 heavy (non-hydrogen) atoms. The van der Waals surface area contributed by atoms with Crippen molar-refractivity contribution in [3.63, 3.8) is 0 Å². The topological polar surface area (TPSA) is 83.0 Å². The van der Waals surface area contributed by atoms with E-state index in [0.29, 0.717) is 12.0 Å². The van der Waals surface area contributed by atoms with E-state index < -0.39 is 0 Å². The summed E-state index contributed by atoms with van der Waals surface area (Å²) >= 11 is 0. The molecule has 2 aliphatic rings. The van der Waals surface area contributed by atoms with Gasteiger partial charge in [-0.25, -0.2) is 4.79 Å². The summed E-state index contributed by atoms with van der Waals surface area (Å²) in [6, 6.07) is 7.47. The second-order valence-electron chi connectivity index (χ2n) is 7.39. The summed E-state index contributed by atoms with van der Waals surface area (Å²) in [5.41, 5.74) is 1.76. The lowest BCUT2D eigenvalue weighted by atomic mass is 9.79. The molecule has 7 nitrogen and oxygen atoms in total. The van der Waals surface area contributed by atoms with Gasteiger partial charge in [0.05, 0.1) is 12.7 Å². The Kier molecular flexibility index (Phi) is 8.09. The highest BCUT2D eigenvalue weighted by atomic mass is 127. The van der Waals surface area contributed by atoms with Crippen LogP contribution < -0.4 is 10.6 Å². The maximum atomic E-state index is 11.7. The number of carbonyl (C=O) groups is 2. The second kappa shape index (κ2) is 10.1. The lowest BCUT2D eigenvalue weighted by Crippen LogP contribution is -2.51. The van der Waals surface area contributed by atoms with Gasteiger partial charge in [0.2, 0.25) is 5.91 Å². The number of hydrogen-bond donors (Lipinski definition) is 2. The summed E-state index contributed by atoms with van der Waals surface area (Å²) in [4.78, 5) is 29.9. The molecule has 0 saturated carbocycles. The van der Waals surface area contributed by atoms with Crippen LogP contribution in [0.4, 0.5) is 0 Å². The summed E-state index contributed by atoms with van der Waals surface area (Å²) in [5.74, 6) is 0.730. The number of nitrogens with one attached hydrogen (secondary N) is 2. The minimum Gasteiger partial charge on any atom is -0.465 e. The van der Waals surface area contributed by atoms with Crippen LogP contribution in [0.3, 0.4) is 0 Å². The first-order chi connectivity index (χ1) is 13.0. The largest absolute Gasteiger partial charge is 0.465 e. The number of ether oxygens (including phenoxy) is 1. The Morgan fingerprint density at radius 2 is 2.11 bits per heavy atom. The number of rotatable bonds is 4. The van der Waals surface area contributed by atoms with E-state index in [1.165, 1.54) is 7.11 Å². The third-order valence-electron chi connectivity index (χ3n) is 5.44. The summed E-state index contributed by atoms with van der Waals surface area (Å²) in [6.07, 6.45) is 3.61. The average molecular weight is 500 g/mol. The number of methoxy groups -OCH3 is 1. The predicted octanol–water partition coefficient (Wildman–Crippen LogP) is 1.81. The van der Waals surface area contributed by atoms with Crippen molar-refractivity contribution in [2.45, 2.75) is 25.7 Å². The standard InChI is InChI=1S/C20H28N4O3.HI/c1-21-19(24-11-3-9-20(14-24)12-17(25)23-13-20)22-10-8-15-4-6-16(7-5-15)18(26)27-2;/h4-7H,3,8-14H2,1-2H3,(H,21,22)(H,23,25);1H. The van der Waals surface area contributed by atoms with Crippen molar-refractivity contribution < 1.29 is 14.3 Å². The molecule has 2 heterocycles. The van der Waals surface area contributed by atoms with Gasteiger partial charge in [0.25, 0.3) is 0 Å². The number of amides is 1. The van der Waals surface area contributed by atoms with Crippen LogP contribution in [-0.4, -0.2) is 63.1 Å². The van der Waals surface area contributed by atoms with Gasteiger partial charge in [0, 0.05) is 45.1 Å². The molecule has 1 unspecified atom stereocenters. The molecule has 154 valence electrons. The fourth-order valence-corrected chi connectivity index (χ4v) is 4.01. The van der Waals surface area contributed by atoms with Crippen molar-refractivity contribution in [2.24, 2.45) is 10.4 Å². The van der Waals surface area contributed by atoms with E-state index in [1.54, 1.807) is 19.2 Å². The molecule has 2 aliphatic heterocycles. The highest BCUT2D eigenvalue weighted by Crippen LogP contribution is 2.35.